The van der Waals surface area contributed by atoms with E-state index in [0.29, 0.717) is 23.5 Å². The van der Waals surface area contributed by atoms with E-state index in [9.17, 15) is 15.3 Å². The molecule has 1 aromatic carbocycles. The second-order valence-corrected chi connectivity index (χ2v) is 7.94. The quantitative estimate of drug-likeness (QED) is 0.747. The van der Waals surface area contributed by atoms with Gasteiger partial charge in [0.1, 0.15) is 5.75 Å². The summed E-state index contributed by atoms with van der Waals surface area (Å²) >= 11 is 0. The molecule has 0 saturated heterocycles. The first-order valence-corrected chi connectivity index (χ1v) is 8.66. The Morgan fingerprint density at radius 1 is 1.18 bits per heavy atom. The number of aromatic hydroxyl groups is 1. The number of phenols is 1. The second-order valence-electron chi connectivity index (χ2n) is 7.94. The zero-order valence-corrected chi connectivity index (χ0v) is 13.2. The van der Waals surface area contributed by atoms with Crippen LogP contribution in [0.4, 0.5) is 0 Å². The summed E-state index contributed by atoms with van der Waals surface area (Å²) in [5.41, 5.74) is 2.54. The molecule has 0 aromatic heterocycles. The lowest BCUT2D eigenvalue weighted by Crippen LogP contribution is -2.44. The average molecular weight is 302 g/mol. The Kier molecular flexibility index (Phi) is 3.28. The van der Waals surface area contributed by atoms with Gasteiger partial charge in [-0.1, -0.05) is 13.0 Å². The number of hydrogen-bond donors (Lipinski definition) is 3. The molecule has 120 valence electrons. The fourth-order valence-corrected chi connectivity index (χ4v) is 5.86. The summed E-state index contributed by atoms with van der Waals surface area (Å²) in [4.78, 5) is 0. The highest BCUT2D eigenvalue weighted by Crippen LogP contribution is 2.62. The van der Waals surface area contributed by atoms with E-state index in [1.165, 1.54) is 5.56 Å². The van der Waals surface area contributed by atoms with E-state index in [0.717, 1.165) is 37.7 Å². The van der Waals surface area contributed by atoms with Crippen LogP contribution >= 0.6 is 0 Å². The minimum atomic E-state index is -0.160. The minimum Gasteiger partial charge on any atom is -0.508 e. The van der Waals surface area contributed by atoms with Crippen LogP contribution in [0.2, 0.25) is 0 Å². The number of rotatable bonds is 1. The normalized spacial score (nSPS) is 43.3. The van der Waals surface area contributed by atoms with Crippen molar-refractivity contribution in [3.05, 3.63) is 29.3 Å². The SMILES string of the molecule is C[C@]12CC[C@@H]3c4ccc(O)cc4[C@H](CO)C[C@H]3[C@@H]1CC[C@@H]2O. The highest BCUT2D eigenvalue weighted by molar-refractivity contribution is 5.42. The molecule has 22 heavy (non-hydrogen) atoms. The van der Waals surface area contributed by atoms with E-state index >= 15 is 0 Å². The second kappa shape index (κ2) is 4.97. The maximum Gasteiger partial charge on any atom is 0.115 e. The van der Waals surface area contributed by atoms with Gasteiger partial charge >= 0.3 is 0 Å². The summed E-state index contributed by atoms with van der Waals surface area (Å²) < 4.78 is 0. The third-order valence-corrected chi connectivity index (χ3v) is 7.07. The van der Waals surface area contributed by atoms with E-state index in [1.807, 2.05) is 6.07 Å². The Bertz CT molecular complexity index is 584. The highest BCUT2D eigenvalue weighted by atomic mass is 16.3. The molecule has 0 spiro atoms. The lowest BCUT2D eigenvalue weighted by Gasteiger charge is -2.51. The lowest BCUT2D eigenvalue weighted by molar-refractivity contribution is -0.0265. The molecule has 6 atom stereocenters. The molecule has 0 heterocycles. The fraction of sp³-hybridized carbons (Fsp3) is 0.684. The van der Waals surface area contributed by atoms with Crippen LogP contribution in [-0.4, -0.2) is 28.0 Å². The smallest absolute Gasteiger partial charge is 0.115 e. The van der Waals surface area contributed by atoms with Gasteiger partial charge in [0.15, 0.2) is 0 Å². The predicted molar refractivity (Wildman–Crippen MR) is 84.9 cm³/mol. The van der Waals surface area contributed by atoms with Crippen molar-refractivity contribution in [3.8, 4) is 5.75 Å². The molecule has 3 aliphatic rings. The first-order chi connectivity index (χ1) is 10.5. The van der Waals surface area contributed by atoms with Crippen molar-refractivity contribution in [1.29, 1.82) is 0 Å². The largest absolute Gasteiger partial charge is 0.508 e. The van der Waals surface area contributed by atoms with Crippen LogP contribution in [0.1, 0.15) is 62.0 Å². The van der Waals surface area contributed by atoms with Crippen molar-refractivity contribution in [1.82, 2.24) is 0 Å². The van der Waals surface area contributed by atoms with E-state index < -0.39 is 0 Å². The van der Waals surface area contributed by atoms with Gasteiger partial charge in [-0.05, 0) is 78.5 Å². The van der Waals surface area contributed by atoms with Gasteiger partial charge in [0.2, 0.25) is 0 Å². The van der Waals surface area contributed by atoms with Crippen LogP contribution in [0.15, 0.2) is 18.2 Å². The van der Waals surface area contributed by atoms with E-state index in [2.05, 4.69) is 13.0 Å². The predicted octanol–water partition coefficient (Wildman–Crippen LogP) is 3.14. The fourth-order valence-electron chi connectivity index (χ4n) is 5.86. The van der Waals surface area contributed by atoms with Gasteiger partial charge in [-0.3, -0.25) is 0 Å². The Morgan fingerprint density at radius 3 is 2.77 bits per heavy atom. The third-order valence-electron chi connectivity index (χ3n) is 7.07. The molecule has 4 rings (SSSR count). The molecule has 0 aliphatic heterocycles. The Balaban J connectivity index is 1.76. The van der Waals surface area contributed by atoms with E-state index in [4.69, 9.17) is 0 Å². The zero-order valence-electron chi connectivity index (χ0n) is 13.2. The summed E-state index contributed by atoms with van der Waals surface area (Å²) in [7, 11) is 0. The van der Waals surface area contributed by atoms with Gasteiger partial charge in [0, 0.05) is 12.5 Å². The molecule has 0 bridgehead atoms. The van der Waals surface area contributed by atoms with Crippen molar-refractivity contribution >= 4 is 0 Å². The molecular weight excluding hydrogens is 276 g/mol. The maximum atomic E-state index is 10.4. The van der Waals surface area contributed by atoms with Crippen LogP contribution in [0.5, 0.6) is 5.75 Å². The standard InChI is InChI=1S/C19H26O3/c1-19-7-6-14-13-3-2-12(21)9-15(13)11(10-20)8-16(14)17(19)4-5-18(19)22/h2-3,9,11,14,16-18,20-22H,4-8,10H2,1H3/t11-,14+,16+,17-,18-,19-/m0/s1. The van der Waals surface area contributed by atoms with Crippen molar-refractivity contribution in [2.45, 2.75) is 57.0 Å². The van der Waals surface area contributed by atoms with Gasteiger partial charge in [0.05, 0.1) is 6.10 Å². The molecule has 0 amide bonds. The van der Waals surface area contributed by atoms with Crippen molar-refractivity contribution < 1.29 is 15.3 Å². The lowest BCUT2D eigenvalue weighted by atomic mass is 9.54. The molecule has 1 aromatic rings. The van der Waals surface area contributed by atoms with Gasteiger partial charge in [-0.25, -0.2) is 0 Å². The van der Waals surface area contributed by atoms with E-state index in [1.54, 1.807) is 6.07 Å². The van der Waals surface area contributed by atoms with Crippen molar-refractivity contribution in [2.75, 3.05) is 6.61 Å². The van der Waals surface area contributed by atoms with Crippen LogP contribution in [0.3, 0.4) is 0 Å². The van der Waals surface area contributed by atoms with Crippen LogP contribution in [0.25, 0.3) is 0 Å². The van der Waals surface area contributed by atoms with E-state index in [-0.39, 0.29) is 24.0 Å². The van der Waals surface area contributed by atoms with Gasteiger partial charge in [-0.15, -0.1) is 0 Å². The molecule has 3 N–H and O–H groups in total. The van der Waals surface area contributed by atoms with Gasteiger partial charge < -0.3 is 15.3 Å². The number of aliphatic hydroxyl groups excluding tert-OH is 2. The Morgan fingerprint density at radius 2 is 2.00 bits per heavy atom. The third kappa shape index (κ3) is 1.88. The zero-order chi connectivity index (χ0) is 15.5. The van der Waals surface area contributed by atoms with Crippen LogP contribution < -0.4 is 0 Å². The van der Waals surface area contributed by atoms with Crippen LogP contribution in [-0.2, 0) is 0 Å². The summed E-state index contributed by atoms with van der Waals surface area (Å²) in [5, 5.41) is 30.1. The Labute approximate surface area is 132 Å². The summed E-state index contributed by atoms with van der Waals surface area (Å²) in [6.07, 6.45) is 5.08. The topological polar surface area (TPSA) is 60.7 Å². The van der Waals surface area contributed by atoms with Crippen molar-refractivity contribution in [3.63, 3.8) is 0 Å². The molecule has 3 aliphatic carbocycles. The number of hydrogen-bond acceptors (Lipinski definition) is 3. The number of phenolic OH excluding ortho intramolecular Hbond substituents is 1. The van der Waals surface area contributed by atoms with Crippen LogP contribution in [0, 0.1) is 17.3 Å². The summed E-state index contributed by atoms with van der Waals surface area (Å²) in [5.74, 6) is 2.08. The average Bonchev–Trinajstić information content (AvgIpc) is 2.82. The molecule has 0 radical (unpaired) electrons. The summed E-state index contributed by atoms with van der Waals surface area (Å²) in [6, 6.07) is 5.70. The van der Waals surface area contributed by atoms with Gasteiger partial charge in [-0.2, -0.15) is 0 Å². The molecule has 3 nitrogen and oxygen atoms in total. The maximum absolute atomic E-state index is 10.4. The van der Waals surface area contributed by atoms with Gasteiger partial charge in [0.25, 0.3) is 0 Å². The summed E-state index contributed by atoms with van der Waals surface area (Å²) in [6.45, 7) is 2.41. The molecule has 2 saturated carbocycles. The minimum absolute atomic E-state index is 0.0651. The number of fused-ring (bicyclic) bond motifs is 5. The number of benzene rings is 1. The first kappa shape index (κ1) is 14.5. The molecule has 0 unspecified atom stereocenters. The molecular formula is C19H26O3. The Hall–Kier alpha value is -1.06. The first-order valence-electron chi connectivity index (χ1n) is 8.66. The monoisotopic (exact) mass is 302 g/mol. The molecule has 3 heteroatoms. The van der Waals surface area contributed by atoms with Crippen molar-refractivity contribution in [2.24, 2.45) is 17.3 Å². The number of aliphatic hydroxyl groups is 2. The highest BCUT2D eigenvalue weighted by Gasteiger charge is 2.55. The molecule has 2 fully saturated rings.